The van der Waals surface area contributed by atoms with Crippen LogP contribution in [-0.4, -0.2) is 15.8 Å². The minimum Gasteiger partial charge on any atom is -0.366 e. The van der Waals surface area contributed by atoms with Gasteiger partial charge in [-0.2, -0.15) is 5.10 Å². The van der Waals surface area contributed by atoms with Crippen molar-refractivity contribution in [3.8, 4) is 0 Å². The molecule has 0 amide bonds. The zero-order valence-electron chi connectivity index (χ0n) is 8.33. The molecule has 0 bridgehead atoms. The van der Waals surface area contributed by atoms with Crippen molar-refractivity contribution >= 4 is 5.82 Å². The lowest BCUT2D eigenvalue weighted by molar-refractivity contribution is 0.442. The van der Waals surface area contributed by atoms with Gasteiger partial charge < -0.3 is 5.32 Å². The highest BCUT2D eigenvalue weighted by molar-refractivity contribution is 5.34. The van der Waals surface area contributed by atoms with Crippen LogP contribution in [-0.2, 0) is 0 Å². The normalized spacial score (nSPS) is 17.5. The summed E-state index contributed by atoms with van der Waals surface area (Å²) in [4.78, 5) is 0. The molecular weight excluding hydrogens is 162 g/mol. The fourth-order valence-electron chi connectivity index (χ4n) is 1.46. The first-order valence-corrected chi connectivity index (χ1v) is 5.07. The average molecular weight is 179 g/mol. The maximum absolute atomic E-state index is 4.44. The zero-order chi connectivity index (χ0) is 9.26. The molecule has 0 atom stereocenters. The molecule has 2 rings (SSSR count). The van der Waals surface area contributed by atoms with Crippen molar-refractivity contribution < 1.29 is 0 Å². The molecule has 1 saturated carbocycles. The lowest BCUT2D eigenvalue weighted by Gasteiger charge is -2.26. The Bertz CT molecular complexity index is 273. The van der Waals surface area contributed by atoms with Crippen LogP contribution in [0.25, 0.3) is 0 Å². The van der Waals surface area contributed by atoms with Gasteiger partial charge in [0.2, 0.25) is 0 Å². The van der Waals surface area contributed by atoms with E-state index in [2.05, 4.69) is 30.3 Å². The van der Waals surface area contributed by atoms with Crippen LogP contribution in [0.15, 0.2) is 12.3 Å². The molecule has 1 aliphatic carbocycles. The molecule has 1 fully saturated rings. The standard InChI is InChI=1S/C10H17N3/c1-8(2)13-7-6-10(12-13)11-9-4-3-5-9/h6-9H,3-5H2,1-2H3,(H,11,12). The zero-order valence-corrected chi connectivity index (χ0v) is 8.33. The predicted octanol–water partition coefficient (Wildman–Crippen LogP) is 2.43. The Kier molecular flexibility index (Phi) is 2.25. The molecule has 1 heterocycles. The smallest absolute Gasteiger partial charge is 0.148 e. The SMILES string of the molecule is CC(C)n1ccc(NC2CCC2)n1. The van der Waals surface area contributed by atoms with Crippen LogP contribution in [0.2, 0.25) is 0 Å². The minimum absolute atomic E-state index is 0.456. The highest BCUT2D eigenvalue weighted by atomic mass is 15.3. The summed E-state index contributed by atoms with van der Waals surface area (Å²) >= 11 is 0. The van der Waals surface area contributed by atoms with Crippen LogP contribution in [0.4, 0.5) is 5.82 Å². The third kappa shape index (κ3) is 1.85. The summed E-state index contributed by atoms with van der Waals surface area (Å²) in [5.41, 5.74) is 0. The lowest BCUT2D eigenvalue weighted by Crippen LogP contribution is -2.27. The van der Waals surface area contributed by atoms with E-state index in [1.807, 2.05) is 10.9 Å². The van der Waals surface area contributed by atoms with Gasteiger partial charge in [-0.05, 0) is 33.1 Å². The molecule has 0 unspecified atom stereocenters. The van der Waals surface area contributed by atoms with Crippen LogP contribution in [0, 0.1) is 0 Å². The molecule has 1 aromatic rings. The number of aromatic nitrogens is 2. The summed E-state index contributed by atoms with van der Waals surface area (Å²) in [5.74, 6) is 1.03. The van der Waals surface area contributed by atoms with Gasteiger partial charge in [0.1, 0.15) is 5.82 Å². The fourth-order valence-corrected chi connectivity index (χ4v) is 1.46. The van der Waals surface area contributed by atoms with E-state index in [4.69, 9.17) is 0 Å². The van der Waals surface area contributed by atoms with Crippen molar-refractivity contribution in [2.45, 2.75) is 45.2 Å². The number of nitrogens with zero attached hydrogens (tertiary/aromatic N) is 2. The number of nitrogens with one attached hydrogen (secondary N) is 1. The monoisotopic (exact) mass is 179 g/mol. The average Bonchev–Trinajstić information content (AvgIpc) is 2.44. The summed E-state index contributed by atoms with van der Waals surface area (Å²) in [6.45, 7) is 4.28. The Morgan fingerprint density at radius 2 is 2.31 bits per heavy atom. The van der Waals surface area contributed by atoms with Crippen molar-refractivity contribution in [2.24, 2.45) is 0 Å². The first-order chi connectivity index (χ1) is 6.25. The van der Waals surface area contributed by atoms with E-state index in [-0.39, 0.29) is 0 Å². The van der Waals surface area contributed by atoms with Crippen LogP contribution >= 0.6 is 0 Å². The van der Waals surface area contributed by atoms with Crippen molar-refractivity contribution in [3.63, 3.8) is 0 Å². The molecule has 1 N–H and O–H groups in total. The second-order valence-electron chi connectivity index (χ2n) is 4.05. The van der Waals surface area contributed by atoms with E-state index in [1.165, 1.54) is 19.3 Å². The highest BCUT2D eigenvalue weighted by Gasteiger charge is 2.17. The maximum atomic E-state index is 4.44. The summed E-state index contributed by atoms with van der Waals surface area (Å²) < 4.78 is 1.99. The van der Waals surface area contributed by atoms with Gasteiger partial charge in [0.25, 0.3) is 0 Å². The molecule has 0 spiro atoms. The van der Waals surface area contributed by atoms with E-state index in [0.29, 0.717) is 12.1 Å². The summed E-state index contributed by atoms with van der Waals surface area (Å²) in [6.07, 6.45) is 6.00. The van der Waals surface area contributed by atoms with Gasteiger partial charge in [0.15, 0.2) is 0 Å². The van der Waals surface area contributed by atoms with Gasteiger partial charge in [0, 0.05) is 24.3 Å². The van der Waals surface area contributed by atoms with E-state index in [0.717, 1.165) is 5.82 Å². The van der Waals surface area contributed by atoms with Gasteiger partial charge in [0.05, 0.1) is 0 Å². The van der Waals surface area contributed by atoms with Crippen molar-refractivity contribution in [1.82, 2.24) is 9.78 Å². The summed E-state index contributed by atoms with van der Waals surface area (Å²) in [7, 11) is 0. The van der Waals surface area contributed by atoms with Crippen LogP contribution in [0.5, 0.6) is 0 Å². The first kappa shape index (κ1) is 8.60. The van der Waals surface area contributed by atoms with E-state index in [9.17, 15) is 0 Å². The van der Waals surface area contributed by atoms with Gasteiger partial charge in [-0.1, -0.05) is 0 Å². The summed E-state index contributed by atoms with van der Waals surface area (Å²) in [5, 5.41) is 7.86. The van der Waals surface area contributed by atoms with Crippen molar-refractivity contribution in [1.29, 1.82) is 0 Å². The molecule has 72 valence electrons. The third-order valence-electron chi connectivity index (χ3n) is 2.59. The molecule has 3 nitrogen and oxygen atoms in total. The maximum Gasteiger partial charge on any atom is 0.148 e. The minimum atomic E-state index is 0.456. The van der Waals surface area contributed by atoms with Crippen LogP contribution < -0.4 is 5.32 Å². The Labute approximate surface area is 79.1 Å². The van der Waals surface area contributed by atoms with E-state index < -0.39 is 0 Å². The molecule has 13 heavy (non-hydrogen) atoms. The number of hydrogen-bond donors (Lipinski definition) is 1. The highest BCUT2D eigenvalue weighted by Crippen LogP contribution is 2.22. The Morgan fingerprint density at radius 1 is 1.54 bits per heavy atom. The lowest BCUT2D eigenvalue weighted by atomic mass is 9.93. The Morgan fingerprint density at radius 3 is 2.77 bits per heavy atom. The molecule has 1 aromatic heterocycles. The van der Waals surface area contributed by atoms with Gasteiger partial charge in [-0.25, -0.2) is 0 Å². The Hall–Kier alpha value is -0.990. The second kappa shape index (κ2) is 3.40. The quantitative estimate of drug-likeness (QED) is 0.772. The second-order valence-corrected chi connectivity index (χ2v) is 4.05. The molecule has 0 aliphatic heterocycles. The number of rotatable bonds is 3. The number of anilines is 1. The summed E-state index contributed by atoms with van der Waals surface area (Å²) in [6, 6.07) is 3.19. The topological polar surface area (TPSA) is 29.9 Å². The van der Waals surface area contributed by atoms with Crippen LogP contribution in [0.1, 0.15) is 39.2 Å². The first-order valence-electron chi connectivity index (χ1n) is 5.07. The van der Waals surface area contributed by atoms with Gasteiger partial charge >= 0.3 is 0 Å². The van der Waals surface area contributed by atoms with Gasteiger partial charge in [-0.3, -0.25) is 4.68 Å². The van der Waals surface area contributed by atoms with E-state index in [1.54, 1.807) is 0 Å². The molecule has 1 aliphatic rings. The van der Waals surface area contributed by atoms with E-state index >= 15 is 0 Å². The fraction of sp³-hybridized carbons (Fsp3) is 0.700. The molecule has 0 radical (unpaired) electrons. The predicted molar refractivity (Wildman–Crippen MR) is 53.9 cm³/mol. The van der Waals surface area contributed by atoms with Crippen molar-refractivity contribution in [3.05, 3.63) is 12.3 Å². The molecule has 3 heteroatoms. The molecule has 0 saturated heterocycles. The van der Waals surface area contributed by atoms with Crippen molar-refractivity contribution in [2.75, 3.05) is 5.32 Å². The van der Waals surface area contributed by atoms with Gasteiger partial charge in [-0.15, -0.1) is 0 Å². The number of hydrogen-bond acceptors (Lipinski definition) is 2. The molecule has 0 aromatic carbocycles. The van der Waals surface area contributed by atoms with Crippen LogP contribution in [0.3, 0.4) is 0 Å². The Balaban J connectivity index is 1.96. The third-order valence-corrected chi connectivity index (χ3v) is 2.59. The molecular formula is C10H17N3. The largest absolute Gasteiger partial charge is 0.366 e.